The molecule has 1 aliphatic heterocycles. The van der Waals surface area contributed by atoms with Crippen LogP contribution in [0.4, 0.5) is 4.39 Å². The fourth-order valence-corrected chi connectivity index (χ4v) is 2.37. The van der Waals surface area contributed by atoms with Gasteiger partial charge in [0.05, 0.1) is 12.4 Å². The van der Waals surface area contributed by atoms with E-state index in [1.807, 2.05) is 12.3 Å². The molecule has 2 aromatic rings. The van der Waals surface area contributed by atoms with E-state index in [2.05, 4.69) is 14.5 Å². The number of aryl methyl sites for hydroxylation is 1. The molecule has 0 fully saturated rings. The van der Waals surface area contributed by atoms with Gasteiger partial charge in [-0.2, -0.15) is 4.39 Å². The summed E-state index contributed by atoms with van der Waals surface area (Å²) in [7, 11) is 0. The van der Waals surface area contributed by atoms with Gasteiger partial charge in [-0.1, -0.05) is 6.07 Å². The first-order valence-electron chi connectivity index (χ1n) is 5.47. The summed E-state index contributed by atoms with van der Waals surface area (Å²) in [5.41, 5.74) is 1.85. The fraction of sp³-hybridized carbons (Fsp3) is 0.333. The van der Waals surface area contributed by atoms with Crippen molar-refractivity contribution in [2.75, 3.05) is 0 Å². The maximum atomic E-state index is 13.6. The molecule has 0 N–H and O–H groups in total. The molecule has 82 valence electrons. The second-order valence-electron chi connectivity index (χ2n) is 4.08. The Bertz CT molecular complexity index is 506. The van der Waals surface area contributed by atoms with Crippen LogP contribution in [-0.2, 0) is 6.42 Å². The molecule has 0 amide bonds. The highest BCUT2D eigenvalue weighted by atomic mass is 19.1. The van der Waals surface area contributed by atoms with Crippen LogP contribution in [0.1, 0.15) is 30.1 Å². The zero-order chi connectivity index (χ0) is 11.0. The van der Waals surface area contributed by atoms with E-state index >= 15 is 0 Å². The molecule has 0 radical (unpaired) electrons. The quantitative estimate of drug-likeness (QED) is 0.686. The predicted molar refractivity (Wildman–Crippen MR) is 57.5 cm³/mol. The zero-order valence-corrected chi connectivity index (χ0v) is 8.81. The summed E-state index contributed by atoms with van der Waals surface area (Å²) in [5, 5.41) is 0. The third-order valence-electron chi connectivity index (χ3n) is 3.14. The van der Waals surface area contributed by atoms with Crippen molar-refractivity contribution in [3.05, 3.63) is 48.1 Å². The van der Waals surface area contributed by atoms with Crippen molar-refractivity contribution < 1.29 is 4.39 Å². The number of imidazole rings is 1. The predicted octanol–water partition coefficient (Wildman–Crippen LogP) is 2.34. The summed E-state index contributed by atoms with van der Waals surface area (Å²) in [5.74, 6) is -0.367. The van der Waals surface area contributed by atoms with Crippen molar-refractivity contribution in [2.24, 2.45) is 0 Å². The van der Waals surface area contributed by atoms with Crippen molar-refractivity contribution in [2.45, 2.75) is 25.3 Å². The lowest BCUT2D eigenvalue weighted by Gasteiger charge is -2.25. The average molecular weight is 217 g/mol. The second-order valence-corrected chi connectivity index (χ2v) is 4.08. The van der Waals surface area contributed by atoms with Crippen LogP contribution in [0.2, 0.25) is 0 Å². The first kappa shape index (κ1) is 9.51. The van der Waals surface area contributed by atoms with Crippen LogP contribution in [-0.4, -0.2) is 14.5 Å². The lowest BCUT2D eigenvalue weighted by molar-refractivity contribution is 0.432. The Balaban J connectivity index is 2.08. The summed E-state index contributed by atoms with van der Waals surface area (Å²) in [6.45, 7) is 0. The minimum absolute atomic E-state index is 0.0555. The Morgan fingerprint density at radius 1 is 1.44 bits per heavy atom. The molecule has 0 saturated heterocycles. The standard InChI is InChI=1S/C12H12FN3/c13-12-10(4-2-6-15-12)11-5-1-3-9-7-14-8-16(9)11/h2,4,6-8,11H,1,3,5H2. The highest BCUT2D eigenvalue weighted by molar-refractivity contribution is 5.20. The lowest BCUT2D eigenvalue weighted by atomic mass is 9.97. The van der Waals surface area contributed by atoms with Crippen molar-refractivity contribution in [3.8, 4) is 0 Å². The van der Waals surface area contributed by atoms with Crippen LogP contribution < -0.4 is 0 Å². The molecule has 0 aromatic carbocycles. The second kappa shape index (κ2) is 3.70. The van der Waals surface area contributed by atoms with Gasteiger partial charge in [0.25, 0.3) is 0 Å². The number of rotatable bonds is 1. The Hall–Kier alpha value is -1.71. The lowest BCUT2D eigenvalue weighted by Crippen LogP contribution is -2.19. The van der Waals surface area contributed by atoms with E-state index in [4.69, 9.17) is 0 Å². The fourth-order valence-electron chi connectivity index (χ4n) is 2.37. The van der Waals surface area contributed by atoms with Crippen LogP contribution in [0.15, 0.2) is 30.9 Å². The number of hydrogen-bond donors (Lipinski definition) is 0. The molecule has 1 aliphatic rings. The van der Waals surface area contributed by atoms with E-state index in [0.717, 1.165) is 19.3 Å². The van der Waals surface area contributed by atoms with Crippen molar-refractivity contribution in [1.82, 2.24) is 14.5 Å². The molecule has 0 spiro atoms. The smallest absolute Gasteiger partial charge is 0.218 e. The normalized spacial score (nSPS) is 19.4. The van der Waals surface area contributed by atoms with Gasteiger partial charge < -0.3 is 4.57 Å². The number of hydrogen-bond acceptors (Lipinski definition) is 2. The molecule has 0 aliphatic carbocycles. The van der Waals surface area contributed by atoms with Crippen molar-refractivity contribution in [1.29, 1.82) is 0 Å². The van der Waals surface area contributed by atoms with E-state index in [1.54, 1.807) is 12.4 Å². The van der Waals surface area contributed by atoms with E-state index < -0.39 is 0 Å². The summed E-state index contributed by atoms with van der Waals surface area (Å²) in [6.07, 6.45) is 8.18. The van der Waals surface area contributed by atoms with Crippen LogP contribution in [0.25, 0.3) is 0 Å². The molecule has 0 bridgehead atoms. The van der Waals surface area contributed by atoms with Gasteiger partial charge in [-0.3, -0.25) is 0 Å². The third-order valence-corrected chi connectivity index (χ3v) is 3.14. The third kappa shape index (κ3) is 1.41. The number of halogens is 1. The highest BCUT2D eigenvalue weighted by Gasteiger charge is 2.23. The highest BCUT2D eigenvalue weighted by Crippen LogP contribution is 2.30. The minimum atomic E-state index is -0.367. The van der Waals surface area contributed by atoms with Crippen LogP contribution in [0, 0.1) is 5.95 Å². The molecule has 16 heavy (non-hydrogen) atoms. The molecule has 4 heteroatoms. The Morgan fingerprint density at radius 2 is 2.38 bits per heavy atom. The first-order chi connectivity index (χ1) is 7.86. The Morgan fingerprint density at radius 3 is 3.25 bits per heavy atom. The molecule has 1 unspecified atom stereocenters. The van der Waals surface area contributed by atoms with Gasteiger partial charge in [-0.25, -0.2) is 9.97 Å². The molecular weight excluding hydrogens is 205 g/mol. The van der Waals surface area contributed by atoms with Gasteiger partial charge in [0.1, 0.15) is 0 Å². The van der Waals surface area contributed by atoms with Crippen LogP contribution in [0.5, 0.6) is 0 Å². The number of fused-ring (bicyclic) bond motifs is 1. The van der Waals surface area contributed by atoms with Gasteiger partial charge >= 0.3 is 0 Å². The van der Waals surface area contributed by atoms with Gasteiger partial charge in [-0.15, -0.1) is 0 Å². The molecular formula is C12H12FN3. The average Bonchev–Trinajstić information content (AvgIpc) is 2.77. The summed E-state index contributed by atoms with van der Waals surface area (Å²) < 4.78 is 15.7. The Labute approximate surface area is 93.0 Å². The monoisotopic (exact) mass is 217 g/mol. The van der Waals surface area contributed by atoms with Crippen LogP contribution >= 0.6 is 0 Å². The van der Waals surface area contributed by atoms with Gasteiger partial charge in [0.15, 0.2) is 0 Å². The van der Waals surface area contributed by atoms with Crippen molar-refractivity contribution in [3.63, 3.8) is 0 Å². The maximum absolute atomic E-state index is 13.6. The summed E-state index contributed by atoms with van der Waals surface area (Å²) in [6, 6.07) is 3.64. The number of nitrogens with zero attached hydrogens (tertiary/aromatic N) is 3. The van der Waals surface area contributed by atoms with E-state index in [0.29, 0.717) is 5.56 Å². The molecule has 3 nitrogen and oxygen atoms in total. The largest absolute Gasteiger partial charge is 0.327 e. The zero-order valence-electron chi connectivity index (χ0n) is 8.81. The van der Waals surface area contributed by atoms with E-state index in [9.17, 15) is 4.39 Å². The van der Waals surface area contributed by atoms with Crippen molar-refractivity contribution >= 4 is 0 Å². The number of pyridine rings is 1. The Kier molecular flexibility index (Phi) is 2.20. The van der Waals surface area contributed by atoms with E-state index in [1.165, 1.54) is 11.9 Å². The van der Waals surface area contributed by atoms with Gasteiger partial charge in [-0.05, 0) is 25.3 Å². The molecule has 0 saturated carbocycles. The summed E-state index contributed by atoms with van der Waals surface area (Å²) >= 11 is 0. The number of aromatic nitrogens is 3. The molecule has 1 atom stereocenters. The van der Waals surface area contributed by atoms with Crippen LogP contribution in [0.3, 0.4) is 0 Å². The maximum Gasteiger partial charge on any atom is 0.218 e. The van der Waals surface area contributed by atoms with Gasteiger partial charge in [0, 0.05) is 23.7 Å². The molecule has 3 heterocycles. The summed E-state index contributed by atoms with van der Waals surface area (Å²) in [4.78, 5) is 7.84. The SMILES string of the molecule is Fc1ncccc1C1CCCc2cncn21. The topological polar surface area (TPSA) is 30.7 Å². The van der Waals surface area contributed by atoms with E-state index in [-0.39, 0.29) is 12.0 Å². The molecule has 2 aromatic heterocycles. The van der Waals surface area contributed by atoms with Gasteiger partial charge in [0.2, 0.25) is 5.95 Å². The minimum Gasteiger partial charge on any atom is -0.327 e. The first-order valence-corrected chi connectivity index (χ1v) is 5.47. The molecule has 3 rings (SSSR count).